The van der Waals surface area contributed by atoms with Gasteiger partial charge in [-0.05, 0) is 32.1 Å². The number of esters is 1. The van der Waals surface area contributed by atoms with Gasteiger partial charge in [0.25, 0.3) is 0 Å². The van der Waals surface area contributed by atoms with E-state index in [0.29, 0.717) is 19.4 Å². The largest absolute Gasteiger partial charge is 0.481 e. The molecular formula is C31H58O4. The summed E-state index contributed by atoms with van der Waals surface area (Å²) >= 11 is 0. The topological polar surface area (TPSA) is 63.6 Å². The molecule has 0 fully saturated rings. The fourth-order valence-electron chi connectivity index (χ4n) is 4.49. The van der Waals surface area contributed by atoms with Crippen molar-refractivity contribution in [3.63, 3.8) is 0 Å². The van der Waals surface area contributed by atoms with Crippen molar-refractivity contribution >= 4 is 11.9 Å². The summed E-state index contributed by atoms with van der Waals surface area (Å²) in [5, 5.41) is 9.29. The van der Waals surface area contributed by atoms with Gasteiger partial charge >= 0.3 is 11.9 Å². The average Bonchev–Trinajstić information content (AvgIpc) is 2.84. The lowest BCUT2D eigenvalue weighted by atomic mass is 9.99. The van der Waals surface area contributed by atoms with E-state index in [9.17, 15) is 14.7 Å². The second-order valence-corrected chi connectivity index (χ2v) is 10.3. The molecule has 0 aromatic rings. The molecule has 4 heteroatoms. The van der Waals surface area contributed by atoms with Crippen LogP contribution in [0.5, 0.6) is 0 Å². The monoisotopic (exact) mass is 494 g/mol. The zero-order chi connectivity index (χ0) is 25.8. The Labute approximate surface area is 217 Å². The standard InChI is InChI=1S/C31H58O4/c1-3-5-6-7-8-9-10-11-12-13-14-15-16-17-18-19-20-21-22-23-24-25-26-29(31(33)34)28-30(32)35-27-4-2/h23-24,29H,3-22,25-28H2,1-2H3,(H,33,34)/b24-23+. The maximum atomic E-state index is 11.6. The van der Waals surface area contributed by atoms with E-state index in [-0.39, 0.29) is 6.42 Å². The Morgan fingerprint density at radius 1 is 0.629 bits per heavy atom. The van der Waals surface area contributed by atoms with Gasteiger partial charge in [0.05, 0.1) is 18.9 Å². The van der Waals surface area contributed by atoms with Crippen LogP contribution in [-0.2, 0) is 14.3 Å². The number of hydrogen-bond acceptors (Lipinski definition) is 3. The van der Waals surface area contributed by atoms with E-state index >= 15 is 0 Å². The van der Waals surface area contributed by atoms with Crippen LogP contribution >= 0.6 is 0 Å². The summed E-state index contributed by atoms with van der Waals surface area (Å²) in [6.45, 7) is 4.57. The van der Waals surface area contributed by atoms with Gasteiger partial charge in [-0.15, -0.1) is 0 Å². The molecule has 0 saturated carbocycles. The molecule has 0 aromatic carbocycles. The SMILES string of the molecule is CCCCCCCCCCCCCCCCCCCC/C=C/CCC(CC(=O)OCCC)C(=O)O. The molecule has 0 aliphatic carbocycles. The first-order valence-corrected chi connectivity index (χ1v) is 15.1. The van der Waals surface area contributed by atoms with Gasteiger partial charge in [-0.2, -0.15) is 0 Å². The third-order valence-corrected chi connectivity index (χ3v) is 6.80. The first-order valence-electron chi connectivity index (χ1n) is 15.1. The van der Waals surface area contributed by atoms with E-state index in [1.165, 1.54) is 116 Å². The predicted molar refractivity (Wildman–Crippen MR) is 149 cm³/mol. The minimum atomic E-state index is -0.907. The molecule has 1 atom stereocenters. The molecule has 1 unspecified atom stereocenters. The highest BCUT2D eigenvalue weighted by Crippen LogP contribution is 2.16. The van der Waals surface area contributed by atoms with Gasteiger partial charge in [-0.1, -0.05) is 135 Å². The van der Waals surface area contributed by atoms with E-state index in [1.807, 2.05) is 6.92 Å². The second-order valence-electron chi connectivity index (χ2n) is 10.3. The summed E-state index contributed by atoms with van der Waals surface area (Å²) in [5.41, 5.74) is 0. The number of ether oxygens (including phenoxy) is 1. The van der Waals surface area contributed by atoms with Crippen LogP contribution in [0.25, 0.3) is 0 Å². The highest BCUT2D eigenvalue weighted by atomic mass is 16.5. The van der Waals surface area contributed by atoms with Crippen LogP contribution in [0.15, 0.2) is 12.2 Å². The lowest BCUT2D eigenvalue weighted by Gasteiger charge is -2.10. The van der Waals surface area contributed by atoms with Crippen LogP contribution in [0, 0.1) is 5.92 Å². The lowest BCUT2D eigenvalue weighted by Crippen LogP contribution is -2.19. The molecule has 0 aliphatic heterocycles. The van der Waals surface area contributed by atoms with Crippen LogP contribution in [0.1, 0.15) is 162 Å². The lowest BCUT2D eigenvalue weighted by molar-refractivity contribution is -0.151. The van der Waals surface area contributed by atoms with Crippen LogP contribution in [0.3, 0.4) is 0 Å². The van der Waals surface area contributed by atoms with Crippen LogP contribution in [-0.4, -0.2) is 23.7 Å². The molecule has 35 heavy (non-hydrogen) atoms. The third kappa shape index (κ3) is 25.6. The van der Waals surface area contributed by atoms with E-state index in [1.54, 1.807) is 0 Å². The van der Waals surface area contributed by atoms with Gasteiger partial charge in [0.15, 0.2) is 0 Å². The summed E-state index contributed by atoms with van der Waals surface area (Å²) in [6, 6.07) is 0. The van der Waals surface area contributed by atoms with Crippen molar-refractivity contribution in [1.82, 2.24) is 0 Å². The van der Waals surface area contributed by atoms with Crippen molar-refractivity contribution in [2.75, 3.05) is 6.61 Å². The van der Waals surface area contributed by atoms with Crippen molar-refractivity contribution in [1.29, 1.82) is 0 Å². The van der Waals surface area contributed by atoms with E-state index < -0.39 is 17.9 Å². The smallest absolute Gasteiger partial charge is 0.307 e. The number of rotatable bonds is 27. The summed E-state index contributed by atoms with van der Waals surface area (Å²) < 4.78 is 5.00. The van der Waals surface area contributed by atoms with Crippen molar-refractivity contribution < 1.29 is 19.4 Å². The van der Waals surface area contributed by atoms with Gasteiger partial charge in [0.2, 0.25) is 0 Å². The number of aliphatic carboxylic acids is 1. The Morgan fingerprint density at radius 2 is 1.06 bits per heavy atom. The first kappa shape index (κ1) is 33.7. The van der Waals surface area contributed by atoms with Crippen LogP contribution < -0.4 is 0 Å². The molecule has 0 aliphatic rings. The van der Waals surface area contributed by atoms with E-state index in [4.69, 9.17) is 4.74 Å². The molecule has 1 N–H and O–H groups in total. The third-order valence-electron chi connectivity index (χ3n) is 6.80. The van der Waals surface area contributed by atoms with Gasteiger partial charge in [0.1, 0.15) is 0 Å². The number of allylic oxidation sites excluding steroid dienone is 2. The summed E-state index contributed by atoms with van der Waals surface area (Å²) in [7, 11) is 0. The molecule has 0 rings (SSSR count). The molecule has 0 bridgehead atoms. The van der Waals surface area contributed by atoms with Crippen molar-refractivity contribution in [2.45, 2.75) is 162 Å². The van der Waals surface area contributed by atoms with Gasteiger partial charge in [-0.25, -0.2) is 0 Å². The van der Waals surface area contributed by atoms with E-state index in [0.717, 1.165) is 12.8 Å². The highest BCUT2D eigenvalue weighted by Gasteiger charge is 2.21. The Bertz CT molecular complexity index is 500. The number of carboxylic acids is 1. The maximum absolute atomic E-state index is 11.6. The summed E-state index contributed by atoms with van der Waals surface area (Å²) in [6.07, 6.45) is 32.3. The van der Waals surface area contributed by atoms with Crippen LogP contribution in [0.2, 0.25) is 0 Å². The Kier molecular flexibility index (Phi) is 26.2. The molecule has 206 valence electrons. The minimum absolute atomic E-state index is 0.0254. The second kappa shape index (κ2) is 27.3. The molecule has 0 radical (unpaired) electrons. The van der Waals surface area contributed by atoms with Crippen LogP contribution in [0.4, 0.5) is 0 Å². The Morgan fingerprint density at radius 3 is 1.49 bits per heavy atom. The molecule has 0 heterocycles. The zero-order valence-electron chi connectivity index (χ0n) is 23.4. The number of carboxylic acid groups (broad SMARTS) is 1. The fourth-order valence-corrected chi connectivity index (χ4v) is 4.49. The number of hydrogen-bond donors (Lipinski definition) is 1. The van der Waals surface area contributed by atoms with Gasteiger partial charge in [0, 0.05) is 0 Å². The summed E-state index contributed by atoms with van der Waals surface area (Å²) in [4.78, 5) is 23.0. The van der Waals surface area contributed by atoms with Crippen molar-refractivity contribution in [2.24, 2.45) is 5.92 Å². The number of unbranched alkanes of at least 4 members (excludes halogenated alkanes) is 18. The average molecular weight is 495 g/mol. The normalized spacial score (nSPS) is 12.3. The molecular weight excluding hydrogens is 436 g/mol. The van der Waals surface area contributed by atoms with Crippen molar-refractivity contribution in [3.05, 3.63) is 12.2 Å². The molecule has 0 spiro atoms. The molecule has 4 nitrogen and oxygen atoms in total. The first-order chi connectivity index (χ1) is 17.1. The van der Waals surface area contributed by atoms with E-state index in [2.05, 4.69) is 19.1 Å². The quantitative estimate of drug-likeness (QED) is 0.0701. The molecule has 0 saturated heterocycles. The fraction of sp³-hybridized carbons (Fsp3) is 0.871. The molecule has 0 amide bonds. The summed E-state index contributed by atoms with van der Waals surface area (Å²) in [5.74, 6) is -1.95. The highest BCUT2D eigenvalue weighted by molar-refractivity contribution is 5.78. The van der Waals surface area contributed by atoms with Gasteiger partial charge < -0.3 is 9.84 Å². The molecule has 0 aromatic heterocycles. The maximum Gasteiger partial charge on any atom is 0.307 e. The Balaban J connectivity index is 3.39. The predicted octanol–water partition coefficient (Wildman–Crippen LogP) is 9.80. The van der Waals surface area contributed by atoms with Crippen molar-refractivity contribution in [3.8, 4) is 0 Å². The minimum Gasteiger partial charge on any atom is -0.481 e. The number of carbonyl (C=O) groups excluding carboxylic acids is 1. The Hall–Kier alpha value is -1.32. The number of carbonyl (C=O) groups is 2. The van der Waals surface area contributed by atoms with Gasteiger partial charge in [-0.3, -0.25) is 9.59 Å². The zero-order valence-corrected chi connectivity index (χ0v) is 23.4.